The summed E-state index contributed by atoms with van der Waals surface area (Å²) in [5.41, 5.74) is 4.68. The number of amides is 1. The van der Waals surface area contributed by atoms with Crippen LogP contribution < -0.4 is 5.32 Å². The molecule has 156 valence electrons. The van der Waals surface area contributed by atoms with Gasteiger partial charge < -0.3 is 9.84 Å². The molecule has 2 aromatic carbocycles. The Labute approximate surface area is 176 Å². The van der Waals surface area contributed by atoms with Crippen LogP contribution in [0.2, 0.25) is 0 Å². The zero-order valence-electron chi connectivity index (χ0n) is 17.5. The van der Waals surface area contributed by atoms with Crippen molar-refractivity contribution in [1.82, 2.24) is 10.5 Å². The number of allylic oxidation sites excluding steroid dienone is 1. The summed E-state index contributed by atoms with van der Waals surface area (Å²) in [6.07, 6.45) is 5.46. The van der Waals surface area contributed by atoms with E-state index in [0.717, 1.165) is 24.8 Å². The third kappa shape index (κ3) is 5.89. The van der Waals surface area contributed by atoms with Gasteiger partial charge in [-0.05, 0) is 54.2 Å². The first kappa shape index (κ1) is 21.5. The van der Waals surface area contributed by atoms with Crippen molar-refractivity contribution >= 4 is 11.5 Å². The van der Waals surface area contributed by atoms with Gasteiger partial charge >= 0.3 is 0 Å². The maximum absolute atomic E-state index is 13.3. The molecule has 3 aromatic rings. The maximum Gasteiger partial charge on any atom is 0.273 e. The number of carbonyl (C=O) groups is 1. The first-order valence-corrected chi connectivity index (χ1v) is 10.3. The van der Waals surface area contributed by atoms with Crippen LogP contribution in [-0.2, 0) is 6.42 Å². The van der Waals surface area contributed by atoms with Gasteiger partial charge in [0.1, 0.15) is 11.6 Å². The second-order valence-electron chi connectivity index (χ2n) is 7.32. The lowest BCUT2D eigenvalue weighted by Gasteiger charge is -2.11. The number of nitrogens with one attached hydrogen (secondary N) is 1. The van der Waals surface area contributed by atoms with Crippen LogP contribution in [0.25, 0.3) is 5.57 Å². The highest BCUT2D eigenvalue weighted by Gasteiger charge is 2.13. The van der Waals surface area contributed by atoms with Crippen LogP contribution >= 0.6 is 0 Å². The van der Waals surface area contributed by atoms with Crippen LogP contribution in [0.4, 0.5) is 4.39 Å². The molecule has 4 nitrogen and oxygen atoms in total. The van der Waals surface area contributed by atoms with Crippen LogP contribution in [0, 0.1) is 12.7 Å². The molecule has 30 heavy (non-hydrogen) atoms. The number of nitrogens with zero attached hydrogens (tertiary/aromatic N) is 1. The van der Waals surface area contributed by atoms with Crippen molar-refractivity contribution < 1.29 is 13.7 Å². The van der Waals surface area contributed by atoms with E-state index in [-0.39, 0.29) is 17.4 Å². The van der Waals surface area contributed by atoms with E-state index in [1.165, 1.54) is 28.8 Å². The van der Waals surface area contributed by atoms with E-state index >= 15 is 0 Å². The summed E-state index contributed by atoms with van der Waals surface area (Å²) in [5.74, 6) is -0.0522. The zero-order chi connectivity index (χ0) is 21.3. The summed E-state index contributed by atoms with van der Waals surface area (Å²) >= 11 is 0. The predicted molar refractivity (Wildman–Crippen MR) is 117 cm³/mol. The van der Waals surface area contributed by atoms with Gasteiger partial charge in [0.15, 0.2) is 5.69 Å². The molecule has 0 radical (unpaired) electrons. The fourth-order valence-corrected chi connectivity index (χ4v) is 3.35. The molecule has 0 unspecified atom stereocenters. The number of aromatic nitrogens is 1. The van der Waals surface area contributed by atoms with Crippen molar-refractivity contribution in [2.24, 2.45) is 0 Å². The average molecular weight is 407 g/mol. The lowest BCUT2D eigenvalue weighted by molar-refractivity contribution is 0.0945. The Morgan fingerprint density at radius 3 is 2.77 bits per heavy atom. The quantitative estimate of drug-likeness (QED) is 0.495. The van der Waals surface area contributed by atoms with E-state index in [1.807, 2.05) is 12.1 Å². The number of rotatable bonds is 9. The zero-order valence-corrected chi connectivity index (χ0v) is 17.5. The van der Waals surface area contributed by atoms with Gasteiger partial charge in [-0.1, -0.05) is 61.0 Å². The van der Waals surface area contributed by atoms with E-state index in [9.17, 15) is 9.18 Å². The second-order valence-corrected chi connectivity index (χ2v) is 7.32. The molecule has 0 saturated carbocycles. The normalized spacial score (nSPS) is 11.5. The van der Waals surface area contributed by atoms with Crippen LogP contribution in [0.1, 0.15) is 59.1 Å². The molecule has 0 bridgehead atoms. The second kappa shape index (κ2) is 10.5. The van der Waals surface area contributed by atoms with E-state index in [4.69, 9.17) is 4.52 Å². The maximum atomic E-state index is 13.3. The Bertz CT molecular complexity index is 1020. The molecule has 3 rings (SSSR count). The first-order valence-electron chi connectivity index (χ1n) is 10.3. The molecule has 1 amide bonds. The van der Waals surface area contributed by atoms with Crippen molar-refractivity contribution in [1.29, 1.82) is 0 Å². The van der Waals surface area contributed by atoms with Crippen LogP contribution in [0.5, 0.6) is 0 Å². The minimum atomic E-state index is -0.300. The Morgan fingerprint density at radius 1 is 1.17 bits per heavy atom. The highest BCUT2D eigenvalue weighted by atomic mass is 19.1. The SMILES string of the molecule is CCC/C=C(/CCNC(=O)c1cc(Cc2cccc(F)c2)on1)c1ccccc1C. The predicted octanol–water partition coefficient (Wildman–Crippen LogP) is 5.72. The molecular weight excluding hydrogens is 379 g/mol. The van der Waals surface area contributed by atoms with Gasteiger partial charge in [0.05, 0.1) is 0 Å². The number of unbranched alkanes of at least 4 members (excludes halogenated alkanes) is 1. The van der Waals surface area contributed by atoms with Crippen molar-refractivity contribution in [3.63, 3.8) is 0 Å². The fraction of sp³-hybridized carbons (Fsp3) is 0.280. The van der Waals surface area contributed by atoms with Crippen molar-refractivity contribution in [3.8, 4) is 0 Å². The van der Waals surface area contributed by atoms with E-state index in [1.54, 1.807) is 18.2 Å². The molecule has 0 atom stereocenters. The molecule has 1 aromatic heterocycles. The largest absolute Gasteiger partial charge is 0.360 e. The summed E-state index contributed by atoms with van der Waals surface area (Å²) < 4.78 is 18.6. The number of hydrogen-bond donors (Lipinski definition) is 1. The fourth-order valence-electron chi connectivity index (χ4n) is 3.35. The third-order valence-corrected chi connectivity index (χ3v) is 4.91. The molecule has 1 N–H and O–H groups in total. The molecule has 0 aliphatic carbocycles. The van der Waals surface area contributed by atoms with Gasteiger partial charge in [-0.3, -0.25) is 4.79 Å². The van der Waals surface area contributed by atoms with E-state index in [0.29, 0.717) is 18.7 Å². The highest BCUT2D eigenvalue weighted by molar-refractivity contribution is 5.92. The van der Waals surface area contributed by atoms with Crippen molar-refractivity contribution in [2.45, 2.75) is 39.5 Å². The summed E-state index contributed by atoms with van der Waals surface area (Å²) in [5, 5.41) is 6.78. The van der Waals surface area contributed by atoms with Gasteiger partial charge in [0.25, 0.3) is 5.91 Å². The highest BCUT2D eigenvalue weighted by Crippen LogP contribution is 2.22. The first-order chi connectivity index (χ1) is 14.6. The molecule has 0 aliphatic heterocycles. The molecular formula is C25H27FN2O2. The van der Waals surface area contributed by atoms with Gasteiger partial charge in [0, 0.05) is 19.0 Å². The number of benzene rings is 2. The summed E-state index contributed by atoms with van der Waals surface area (Å²) in [6.45, 7) is 4.76. The number of carbonyl (C=O) groups excluding carboxylic acids is 1. The monoisotopic (exact) mass is 406 g/mol. The van der Waals surface area contributed by atoms with E-state index in [2.05, 4.69) is 42.5 Å². The minimum Gasteiger partial charge on any atom is -0.360 e. The van der Waals surface area contributed by atoms with Crippen LogP contribution in [0.3, 0.4) is 0 Å². The Morgan fingerprint density at radius 2 is 2.00 bits per heavy atom. The lowest BCUT2D eigenvalue weighted by Crippen LogP contribution is -2.25. The number of aryl methyl sites for hydroxylation is 1. The average Bonchev–Trinajstić information content (AvgIpc) is 3.19. The van der Waals surface area contributed by atoms with Crippen molar-refractivity contribution in [3.05, 3.63) is 94.6 Å². The summed E-state index contributed by atoms with van der Waals surface area (Å²) in [4.78, 5) is 12.5. The lowest BCUT2D eigenvalue weighted by atomic mass is 9.97. The number of halogens is 1. The summed E-state index contributed by atoms with van der Waals surface area (Å²) in [7, 11) is 0. The standard InChI is InChI=1S/C25H27FN2O2/c1-3-4-10-20(23-12-6-5-8-18(23)2)13-14-27-25(29)24-17-22(30-28-24)16-19-9-7-11-21(26)15-19/h5-12,15,17H,3-4,13-14,16H2,1-2H3,(H,27,29)/b20-10-. The minimum absolute atomic E-state index is 0.233. The Hall–Kier alpha value is -3.21. The molecule has 0 spiro atoms. The van der Waals surface area contributed by atoms with Gasteiger partial charge in [-0.15, -0.1) is 0 Å². The molecule has 0 aliphatic rings. The molecule has 0 saturated heterocycles. The third-order valence-electron chi connectivity index (χ3n) is 4.91. The topological polar surface area (TPSA) is 55.1 Å². The Kier molecular flexibility index (Phi) is 7.55. The molecule has 5 heteroatoms. The van der Waals surface area contributed by atoms with Crippen molar-refractivity contribution in [2.75, 3.05) is 6.54 Å². The summed E-state index contributed by atoms with van der Waals surface area (Å²) in [6, 6.07) is 16.2. The molecule has 0 fully saturated rings. The Balaban J connectivity index is 1.58. The molecule has 1 heterocycles. The van der Waals surface area contributed by atoms with Gasteiger partial charge in [-0.2, -0.15) is 0 Å². The van der Waals surface area contributed by atoms with Crippen LogP contribution in [-0.4, -0.2) is 17.6 Å². The smallest absolute Gasteiger partial charge is 0.273 e. The van der Waals surface area contributed by atoms with Gasteiger partial charge in [-0.25, -0.2) is 4.39 Å². The van der Waals surface area contributed by atoms with Gasteiger partial charge in [0.2, 0.25) is 0 Å². The van der Waals surface area contributed by atoms with Crippen LogP contribution in [0.15, 0.2) is 65.2 Å². The van der Waals surface area contributed by atoms with E-state index < -0.39 is 0 Å². The number of hydrogen-bond acceptors (Lipinski definition) is 3.